The Bertz CT molecular complexity index is 594. The first-order chi connectivity index (χ1) is 9.42. The third kappa shape index (κ3) is 3.52. The molecule has 1 aromatic rings. The van der Waals surface area contributed by atoms with Crippen molar-refractivity contribution in [3.63, 3.8) is 0 Å². The number of sulfone groups is 1. The van der Waals surface area contributed by atoms with Gasteiger partial charge < -0.3 is 4.90 Å². The minimum Gasteiger partial charge on any atom is -0.340 e. The van der Waals surface area contributed by atoms with Gasteiger partial charge in [-0.2, -0.15) is 0 Å². The molecule has 1 aliphatic rings. The van der Waals surface area contributed by atoms with Crippen molar-refractivity contribution < 1.29 is 13.2 Å². The lowest BCUT2D eigenvalue weighted by Crippen LogP contribution is -2.57. The molecular weight excluding hydrogens is 298 g/mol. The van der Waals surface area contributed by atoms with E-state index in [0.717, 1.165) is 5.56 Å². The number of halogens is 1. The van der Waals surface area contributed by atoms with Gasteiger partial charge in [0.25, 0.3) is 0 Å². The Morgan fingerprint density at radius 3 is 2.70 bits per heavy atom. The van der Waals surface area contributed by atoms with Gasteiger partial charge in [-0.05, 0) is 24.1 Å². The molecule has 1 fully saturated rings. The van der Waals surface area contributed by atoms with E-state index in [4.69, 9.17) is 11.6 Å². The fourth-order valence-corrected chi connectivity index (χ4v) is 3.70. The molecule has 1 aromatic carbocycles. The molecule has 0 aromatic heterocycles. The van der Waals surface area contributed by atoms with Gasteiger partial charge in [-0.3, -0.25) is 4.79 Å². The average molecular weight is 316 g/mol. The van der Waals surface area contributed by atoms with Crippen LogP contribution in [0.4, 0.5) is 0 Å². The molecule has 0 aliphatic carbocycles. The molecular formula is C14H18ClNO3S. The van der Waals surface area contributed by atoms with E-state index in [9.17, 15) is 13.2 Å². The van der Waals surface area contributed by atoms with Gasteiger partial charge in [-0.1, -0.05) is 30.7 Å². The Balaban J connectivity index is 1.81. The van der Waals surface area contributed by atoms with Crippen LogP contribution >= 0.6 is 11.6 Å². The Hall–Kier alpha value is -1.07. The number of likely N-dealkylation sites (tertiary alicyclic amines) is 1. The molecule has 0 atom stereocenters. The SMILES string of the molecule is CCS(=O)(=O)C1CN(C(=O)CCc2cccc(Cl)c2)C1. The van der Waals surface area contributed by atoms with E-state index in [2.05, 4.69) is 0 Å². The highest BCUT2D eigenvalue weighted by Crippen LogP contribution is 2.19. The summed E-state index contributed by atoms with van der Waals surface area (Å²) < 4.78 is 23.2. The molecule has 1 amide bonds. The number of nitrogens with zero attached hydrogens (tertiary/aromatic N) is 1. The summed E-state index contributed by atoms with van der Waals surface area (Å²) in [6.07, 6.45) is 1.01. The van der Waals surface area contributed by atoms with Gasteiger partial charge in [0, 0.05) is 30.3 Å². The summed E-state index contributed by atoms with van der Waals surface area (Å²) in [6.45, 7) is 2.31. The van der Waals surface area contributed by atoms with Gasteiger partial charge in [0.1, 0.15) is 0 Å². The summed E-state index contributed by atoms with van der Waals surface area (Å²) in [5, 5.41) is 0.288. The zero-order valence-corrected chi connectivity index (χ0v) is 13.0. The topological polar surface area (TPSA) is 54.5 Å². The second-order valence-corrected chi connectivity index (χ2v) is 8.01. The molecule has 4 nitrogen and oxygen atoms in total. The van der Waals surface area contributed by atoms with Gasteiger partial charge in [0.2, 0.25) is 5.91 Å². The lowest BCUT2D eigenvalue weighted by molar-refractivity contribution is -0.134. The van der Waals surface area contributed by atoms with Gasteiger partial charge in [0.05, 0.1) is 5.25 Å². The molecule has 20 heavy (non-hydrogen) atoms. The number of carbonyl (C=O) groups is 1. The largest absolute Gasteiger partial charge is 0.340 e. The number of rotatable bonds is 5. The molecule has 0 spiro atoms. The van der Waals surface area contributed by atoms with Crippen LogP contribution in [0.5, 0.6) is 0 Å². The molecule has 0 saturated carbocycles. The molecule has 0 unspecified atom stereocenters. The van der Waals surface area contributed by atoms with Crippen LogP contribution in [0.1, 0.15) is 18.9 Å². The average Bonchev–Trinajstić information content (AvgIpc) is 2.34. The maximum atomic E-state index is 11.9. The Kier molecular flexibility index (Phi) is 4.70. The molecule has 0 bridgehead atoms. The zero-order chi connectivity index (χ0) is 14.8. The number of hydrogen-bond acceptors (Lipinski definition) is 3. The van der Waals surface area contributed by atoms with Crippen LogP contribution in [-0.2, 0) is 21.1 Å². The fraction of sp³-hybridized carbons (Fsp3) is 0.500. The van der Waals surface area contributed by atoms with Crippen molar-refractivity contribution >= 4 is 27.3 Å². The number of amides is 1. The van der Waals surface area contributed by atoms with Crippen LogP contribution in [0, 0.1) is 0 Å². The van der Waals surface area contributed by atoms with Crippen LogP contribution in [0.2, 0.25) is 5.02 Å². The molecule has 2 rings (SSSR count). The van der Waals surface area contributed by atoms with E-state index in [-0.39, 0.29) is 16.9 Å². The predicted molar refractivity (Wildman–Crippen MR) is 79.6 cm³/mol. The summed E-state index contributed by atoms with van der Waals surface area (Å²) in [6, 6.07) is 7.42. The van der Waals surface area contributed by atoms with Crippen LogP contribution in [0.15, 0.2) is 24.3 Å². The van der Waals surface area contributed by atoms with E-state index < -0.39 is 9.84 Å². The molecule has 110 valence electrons. The zero-order valence-electron chi connectivity index (χ0n) is 11.4. The predicted octanol–water partition coefficient (Wildman–Crippen LogP) is 1.92. The van der Waals surface area contributed by atoms with Crippen molar-refractivity contribution in [3.8, 4) is 0 Å². The third-order valence-corrected chi connectivity index (χ3v) is 5.98. The molecule has 1 saturated heterocycles. The van der Waals surface area contributed by atoms with E-state index >= 15 is 0 Å². The van der Waals surface area contributed by atoms with Crippen molar-refractivity contribution in [1.82, 2.24) is 4.90 Å². The molecule has 1 aliphatic heterocycles. The standard InChI is InChI=1S/C14H18ClNO3S/c1-2-20(18,19)13-9-16(10-13)14(17)7-6-11-4-3-5-12(15)8-11/h3-5,8,13H,2,6-7,9-10H2,1H3. The van der Waals surface area contributed by atoms with E-state index in [1.807, 2.05) is 18.2 Å². The highest BCUT2D eigenvalue weighted by Gasteiger charge is 2.38. The van der Waals surface area contributed by atoms with Crippen LogP contribution in [0.3, 0.4) is 0 Å². The molecule has 1 heterocycles. The van der Waals surface area contributed by atoms with Crippen molar-refractivity contribution in [3.05, 3.63) is 34.9 Å². The first-order valence-corrected chi connectivity index (χ1v) is 8.75. The minimum atomic E-state index is -3.01. The number of hydrogen-bond donors (Lipinski definition) is 0. The minimum absolute atomic E-state index is 0.00697. The third-order valence-electron chi connectivity index (χ3n) is 3.63. The molecule has 0 N–H and O–H groups in total. The van der Waals surface area contributed by atoms with E-state index in [0.29, 0.717) is 31.0 Å². The molecule has 6 heteroatoms. The Morgan fingerprint density at radius 2 is 2.10 bits per heavy atom. The fourth-order valence-electron chi connectivity index (χ4n) is 2.21. The van der Waals surface area contributed by atoms with Gasteiger partial charge in [0.15, 0.2) is 9.84 Å². The maximum Gasteiger partial charge on any atom is 0.222 e. The summed E-state index contributed by atoms with van der Waals surface area (Å²) in [5.74, 6) is 0.148. The lowest BCUT2D eigenvalue weighted by Gasteiger charge is -2.38. The Labute approximate surface area is 124 Å². The van der Waals surface area contributed by atoms with Crippen molar-refractivity contribution in [1.29, 1.82) is 0 Å². The van der Waals surface area contributed by atoms with Crippen LogP contribution < -0.4 is 0 Å². The monoisotopic (exact) mass is 315 g/mol. The smallest absolute Gasteiger partial charge is 0.222 e. The highest BCUT2D eigenvalue weighted by atomic mass is 35.5. The first kappa shape index (κ1) is 15.3. The Morgan fingerprint density at radius 1 is 1.40 bits per heavy atom. The van der Waals surface area contributed by atoms with Crippen LogP contribution in [-0.4, -0.2) is 43.3 Å². The maximum absolute atomic E-state index is 11.9. The second kappa shape index (κ2) is 6.14. The molecule has 0 radical (unpaired) electrons. The second-order valence-electron chi connectivity index (χ2n) is 5.00. The summed E-state index contributed by atoms with van der Waals surface area (Å²) in [4.78, 5) is 13.6. The summed E-state index contributed by atoms with van der Waals surface area (Å²) >= 11 is 5.88. The first-order valence-electron chi connectivity index (χ1n) is 6.66. The van der Waals surface area contributed by atoms with E-state index in [1.54, 1.807) is 17.9 Å². The summed E-state index contributed by atoms with van der Waals surface area (Å²) in [7, 11) is -3.01. The van der Waals surface area contributed by atoms with Gasteiger partial charge in [-0.25, -0.2) is 8.42 Å². The van der Waals surface area contributed by atoms with Crippen molar-refractivity contribution in [2.45, 2.75) is 25.0 Å². The van der Waals surface area contributed by atoms with Crippen LogP contribution in [0.25, 0.3) is 0 Å². The lowest BCUT2D eigenvalue weighted by atomic mass is 10.1. The highest BCUT2D eigenvalue weighted by molar-refractivity contribution is 7.92. The normalized spacial score (nSPS) is 16.0. The van der Waals surface area contributed by atoms with Crippen molar-refractivity contribution in [2.24, 2.45) is 0 Å². The summed E-state index contributed by atoms with van der Waals surface area (Å²) in [5.41, 5.74) is 1.02. The van der Waals surface area contributed by atoms with Crippen molar-refractivity contribution in [2.75, 3.05) is 18.8 Å². The number of benzene rings is 1. The van der Waals surface area contributed by atoms with E-state index in [1.165, 1.54) is 0 Å². The number of carbonyl (C=O) groups excluding carboxylic acids is 1. The number of aryl methyl sites for hydroxylation is 1. The van der Waals surface area contributed by atoms with Gasteiger partial charge >= 0.3 is 0 Å². The quantitative estimate of drug-likeness (QED) is 0.834. The van der Waals surface area contributed by atoms with Gasteiger partial charge in [-0.15, -0.1) is 0 Å².